The fraction of sp³-hybridized carbons (Fsp3) is 0.214. The van der Waals surface area contributed by atoms with Crippen LogP contribution in [-0.4, -0.2) is 19.5 Å². The van der Waals surface area contributed by atoms with E-state index in [1.54, 1.807) is 18.2 Å². The van der Waals surface area contributed by atoms with Crippen LogP contribution in [0.3, 0.4) is 0 Å². The highest BCUT2D eigenvalue weighted by Gasteiger charge is 2.27. The number of hydrogen-bond donors (Lipinski definition) is 0. The third kappa shape index (κ3) is 2.26. The number of carbonyl (C=O) groups is 1. The van der Waals surface area contributed by atoms with E-state index in [0.29, 0.717) is 13.1 Å². The molecule has 0 saturated carbocycles. The highest BCUT2D eigenvalue weighted by atomic mass is 79.9. The summed E-state index contributed by atoms with van der Waals surface area (Å²) in [5, 5.41) is 0. The Bertz CT molecular complexity index is 610. The Kier molecular flexibility index (Phi) is 3.06. The third-order valence-corrected chi connectivity index (χ3v) is 3.76. The molecule has 3 rings (SSSR count). The van der Waals surface area contributed by atoms with Crippen LogP contribution in [0.1, 0.15) is 5.76 Å². The number of nitrogens with zero attached hydrogens (tertiary/aromatic N) is 2. The molecule has 5 heteroatoms. The average molecular weight is 321 g/mol. The van der Waals surface area contributed by atoms with Gasteiger partial charge in [-0.15, -0.1) is 0 Å². The first-order valence-electron chi connectivity index (χ1n) is 5.98. The van der Waals surface area contributed by atoms with Crippen molar-refractivity contribution in [1.29, 1.82) is 0 Å². The van der Waals surface area contributed by atoms with E-state index in [4.69, 9.17) is 4.42 Å². The first-order valence-corrected chi connectivity index (χ1v) is 6.78. The van der Waals surface area contributed by atoms with E-state index in [0.717, 1.165) is 21.6 Å². The number of furan rings is 1. The lowest BCUT2D eigenvalue weighted by Gasteiger charge is -2.35. The van der Waals surface area contributed by atoms with Gasteiger partial charge in [-0.3, -0.25) is 4.79 Å². The topological polar surface area (TPSA) is 36.7 Å². The van der Waals surface area contributed by atoms with Gasteiger partial charge in [-0.05, 0) is 30.3 Å². The number of halogens is 1. The largest absolute Gasteiger partial charge is 0.467 e. The van der Waals surface area contributed by atoms with Crippen molar-refractivity contribution in [3.05, 3.63) is 46.8 Å². The van der Waals surface area contributed by atoms with E-state index >= 15 is 0 Å². The zero-order chi connectivity index (χ0) is 13.4. The maximum absolute atomic E-state index is 12.0. The van der Waals surface area contributed by atoms with Gasteiger partial charge in [0.2, 0.25) is 5.91 Å². The van der Waals surface area contributed by atoms with Gasteiger partial charge in [-0.2, -0.15) is 0 Å². The van der Waals surface area contributed by atoms with E-state index in [-0.39, 0.29) is 5.91 Å². The number of benzene rings is 1. The summed E-state index contributed by atoms with van der Waals surface area (Å²) in [6, 6.07) is 9.74. The molecule has 98 valence electrons. The Hall–Kier alpha value is -1.75. The molecule has 19 heavy (non-hydrogen) atoms. The normalized spacial score (nSPS) is 14.7. The zero-order valence-corrected chi connectivity index (χ0v) is 12.1. The maximum atomic E-state index is 12.0. The molecule has 1 aromatic heterocycles. The van der Waals surface area contributed by atoms with Gasteiger partial charge in [-0.1, -0.05) is 15.9 Å². The van der Waals surface area contributed by atoms with Crippen LogP contribution in [0.15, 0.2) is 45.5 Å². The van der Waals surface area contributed by atoms with Gasteiger partial charge in [0.25, 0.3) is 0 Å². The number of carbonyl (C=O) groups excluding carboxylic acids is 1. The van der Waals surface area contributed by atoms with Crippen molar-refractivity contribution in [2.75, 3.05) is 23.4 Å². The molecule has 0 atom stereocenters. The number of fused-ring (bicyclic) bond motifs is 1. The molecule has 0 N–H and O–H groups in total. The molecule has 0 spiro atoms. The van der Waals surface area contributed by atoms with Crippen molar-refractivity contribution in [1.82, 2.24) is 0 Å². The smallest absolute Gasteiger partial charge is 0.246 e. The van der Waals surface area contributed by atoms with Crippen LogP contribution in [-0.2, 0) is 11.3 Å². The Morgan fingerprint density at radius 2 is 2.16 bits per heavy atom. The predicted octanol–water partition coefficient (Wildman–Crippen LogP) is 3.03. The van der Waals surface area contributed by atoms with E-state index in [1.165, 1.54) is 0 Å². The second-order valence-electron chi connectivity index (χ2n) is 4.52. The minimum atomic E-state index is 0.0807. The lowest BCUT2D eigenvalue weighted by molar-refractivity contribution is -0.117. The highest BCUT2D eigenvalue weighted by Crippen LogP contribution is 2.35. The van der Waals surface area contributed by atoms with Crippen molar-refractivity contribution >= 4 is 33.2 Å². The van der Waals surface area contributed by atoms with E-state index < -0.39 is 0 Å². The quantitative estimate of drug-likeness (QED) is 0.853. The predicted molar refractivity (Wildman–Crippen MR) is 77.3 cm³/mol. The lowest BCUT2D eigenvalue weighted by atomic mass is 10.1. The highest BCUT2D eigenvalue weighted by molar-refractivity contribution is 9.10. The van der Waals surface area contributed by atoms with Gasteiger partial charge in [-0.25, -0.2) is 0 Å². The monoisotopic (exact) mass is 320 g/mol. The van der Waals surface area contributed by atoms with Crippen LogP contribution in [0.4, 0.5) is 11.4 Å². The van der Waals surface area contributed by atoms with E-state index in [1.807, 2.05) is 35.2 Å². The molecule has 0 bridgehead atoms. The summed E-state index contributed by atoms with van der Waals surface area (Å²) < 4.78 is 6.32. The second-order valence-corrected chi connectivity index (χ2v) is 5.44. The summed E-state index contributed by atoms with van der Waals surface area (Å²) in [6.45, 7) is 0.965. The number of amides is 1. The summed E-state index contributed by atoms with van der Waals surface area (Å²) in [6.07, 6.45) is 1.65. The molecular formula is C14H13BrN2O2. The zero-order valence-electron chi connectivity index (χ0n) is 10.5. The molecule has 1 amide bonds. The van der Waals surface area contributed by atoms with Gasteiger partial charge >= 0.3 is 0 Å². The van der Waals surface area contributed by atoms with Gasteiger partial charge in [0.05, 0.1) is 30.7 Å². The molecule has 0 saturated heterocycles. The first kappa shape index (κ1) is 12.3. The Morgan fingerprint density at radius 3 is 2.89 bits per heavy atom. The van der Waals surface area contributed by atoms with Crippen LogP contribution in [0.5, 0.6) is 0 Å². The first-order chi connectivity index (χ1) is 9.15. The minimum Gasteiger partial charge on any atom is -0.467 e. The summed E-state index contributed by atoms with van der Waals surface area (Å²) in [5.41, 5.74) is 1.96. The Morgan fingerprint density at radius 1 is 1.32 bits per heavy atom. The average Bonchev–Trinajstić information content (AvgIpc) is 2.88. The SMILES string of the molecule is CN1C(=O)CN(Cc2ccco2)c2ccc(Br)cc21. The van der Waals surface area contributed by atoms with Crippen molar-refractivity contribution in [2.45, 2.75) is 6.54 Å². The fourth-order valence-electron chi connectivity index (χ4n) is 2.25. The lowest BCUT2D eigenvalue weighted by Crippen LogP contribution is -2.43. The van der Waals surface area contributed by atoms with Crippen LogP contribution in [0.25, 0.3) is 0 Å². The molecule has 2 heterocycles. The molecule has 1 aliphatic heterocycles. The van der Waals surface area contributed by atoms with Crippen LogP contribution in [0.2, 0.25) is 0 Å². The van der Waals surface area contributed by atoms with Crippen LogP contribution >= 0.6 is 15.9 Å². The minimum absolute atomic E-state index is 0.0807. The Labute approximate surface area is 119 Å². The standard InChI is InChI=1S/C14H13BrN2O2/c1-16-13-7-10(15)4-5-12(13)17(9-14(16)18)8-11-3-2-6-19-11/h2-7H,8-9H2,1H3. The third-order valence-electron chi connectivity index (χ3n) is 3.27. The summed E-state index contributed by atoms with van der Waals surface area (Å²) >= 11 is 3.44. The van der Waals surface area contributed by atoms with E-state index in [9.17, 15) is 4.79 Å². The molecule has 1 aromatic carbocycles. The number of hydrogen-bond acceptors (Lipinski definition) is 3. The Balaban J connectivity index is 1.99. The molecular weight excluding hydrogens is 308 g/mol. The maximum Gasteiger partial charge on any atom is 0.246 e. The van der Waals surface area contributed by atoms with Crippen molar-refractivity contribution in [3.63, 3.8) is 0 Å². The summed E-state index contributed by atoms with van der Waals surface area (Å²) in [5.74, 6) is 0.934. The molecule has 0 unspecified atom stereocenters. The molecule has 0 radical (unpaired) electrons. The second kappa shape index (κ2) is 4.74. The number of anilines is 2. The number of likely N-dealkylation sites (N-methyl/N-ethyl adjacent to an activating group) is 1. The fourth-order valence-corrected chi connectivity index (χ4v) is 2.60. The van der Waals surface area contributed by atoms with Crippen molar-refractivity contribution < 1.29 is 9.21 Å². The molecule has 1 aliphatic rings. The summed E-state index contributed by atoms with van der Waals surface area (Å²) in [7, 11) is 1.80. The van der Waals surface area contributed by atoms with Crippen molar-refractivity contribution in [3.8, 4) is 0 Å². The van der Waals surface area contributed by atoms with Crippen molar-refractivity contribution in [2.24, 2.45) is 0 Å². The van der Waals surface area contributed by atoms with Crippen LogP contribution < -0.4 is 9.80 Å². The summed E-state index contributed by atoms with van der Waals surface area (Å²) in [4.78, 5) is 15.8. The molecule has 0 fully saturated rings. The van der Waals surface area contributed by atoms with Gasteiger partial charge in [0.1, 0.15) is 5.76 Å². The molecule has 2 aromatic rings. The van der Waals surface area contributed by atoms with E-state index in [2.05, 4.69) is 15.9 Å². The van der Waals surface area contributed by atoms with Gasteiger partial charge in [0, 0.05) is 11.5 Å². The molecule has 0 aliphatic carbocycles. The van der Waals surface area contributed by atoms with Gasteiger partial charge in [0.15, 0.2) is 0 Å². The molecule has 4 nitrogen and oxygen atoms in total. The van der Waals surface area contributed by atoms with Crippen LogP contribution in [0, 0.1) is 0 Å². The van der Waals surface area contributed by atoms with Gasteiger partial charge < -0.3 is 14.2 Å². The number of rotatable bonds is 2.